The summed E-state index contributed by atoms with van der Waals surface area (Å²) in [5, 5.41) is 8.07. The van der Waals surface area contributed by atoms with E-state index in [0.717, 1.165) is 33.9 Å². The minimum absolute atomic E-state index is 0. The fourth-order valence-corrected chi connectivity index (χ4v) is 3.52. The number of carbonyl (C=O) groups is 1. The number of H-pyrrole nitrogens is 1. The molecule has 0 aliphatic carbocycles. The first kappa shape index (κ1) is 17.5. The van der Waals surface area contributed by atoms with Gasteiger partial charge in [0.15, 0.2) is 5.69 Å². The first-order chi connectivity index (χ1) is 10.1. The van der Waals surface area contributed by atoms with Crippen molar-refractivity contribution in [2.75, 3.05) is 13.1 Å². The van der Waals surface area contributed by atoms with E-state index in [1.165, 1.54) is 0 Å². The first-order valence-electron chi connectivity index (χ1n) is 7.24. The van der Waals surface area contributed by atoms with Crippen LogP contribution in [0, 0.1) is 9.49 Å². The van der Waals surface area contributed by atoms with Gasteiger partial charge in [-0.05, 0) is 59.5 Å². The van der Waals surface area contributed by atoms with Crippen LogP contribution in [0.25, 0.3) is 10.9 Å². The van der Waals surface area contributed by atoms with E-state index in [1.807, 2.05) is 23.1 Å². The number of fused-ring (bicyclic) bond motifs is 1. The van der Waals surface area contributed by atoms with Gasteiger partial charge in [0.2, 0.25) is 0 Å². The van der Waals surface area contributed by atoms with Gasteiger partial charge in [-0.2, -0.15) is 5.10 Å². The second-order valence-corrected chi connectivity index (χ2v) is 7.03. The van der Waals surface area contributed by atoms with Gasteiger partial charge in [0.1, 0.15) is 0 Å². The maximum atomic E-state index is 12.8. The largest absolute Gasteiger partial charge is 0.333 e. The number of rotatable bonds is 2. The molecular formula is C15H20ClIN4O. The summed E-state index contributed by atoms with van der Waals surface area (Å²) in [6, 6.07) is 6.08. The van der Waals surface area contributed by atoms with Crippen LogP contribution >= 0.6 is 35.0 Å². The lowest BCUT2D eigenvalue weighted by atomic mass is 9.92. The van der Waals surface area contributed by atoms with Crippen molar-refractivity contribution in [2.24, 2.45) is 11.7 Å². The summed E-state index contributed by atoms with van der Waals surface area (Å²) < 4.78 is 1.10. The van der Waals surface area contributed by atoms with Crippen molar-refractivity contribution in [2.45, 2.75) is 25.8 Å². The summed E-state index contributed by atoms with van der Waals surface area (Å²) in [6.45, 7) is 3.49. The highest BCUT2D eigenvalue weighted by atomic mass is 127. The minimum Gasteiger partial charge on any atom is -0.333 e. The van der Waals surface area contributed by atoms with Crippen molar-refractivity contribution in [1.29, 1.82) is 0 Å². The van der Waals surface area contributed by atoms with Crippen LogP contribution < -0.4 is 5.73 Å². The molecule has 1 amide bonds. The number of aromatic amines is 1. The van der Waals surface area contributed by atoms with Gasteiger partial charge < -0.3 is 10.6 Å². The van der Waals surface area contributed by atoms with Crippen molar-refractivity contribution in [1.82, 2.24) is 15.1 Å². The molecule has 2 aromatic rings. The lowest BCUT2D eigenvalue weighted by Gasteiger charge is -2.37. The van der Waals surface area contributed by atoms with Crippen LogP contribution in [0.1, 0.15) is 30.3 Å². The van der Waals surface area contributed by atoms with Crippen LogP contribution in [0.5, 0.6) is 0 Å². The molecule has 1 aliphatic rings. The first-order valence-corrected chi connectivity index (χ1v) is 8.32. The molecule has 5 nitrogen and oxygen atoms in total. The Morgan fingerprint density at radius 3 is 3.05 bits per heavy atom. The summed E-state index contributed by atoms with van der Waals surface area (Å²) in [4.78, 5) is 14.7. The molecular weight excluding hydrogens is 415 g/mol. The van der Waals surface area contributed by atoms with E-state index in [4.69, 9.17) is 5.73 Å². The number of benzene rings is 1. The molecule has 2 atom stereocenters. The predicted molar refractivity (Wildman–Crippen MR) is 98.3 cm³/mol. The normalized spacial score (nSPS) is 21.7. The lowest BCUT2D eigenvalue weighted by Crippen LogP contribution is -2.49. The molecule has 1 aromatic heterocycles. The smallest absolute Gasteiger partial charge is 0.275 e. The fourth-order valence-electron chi connectivity index (χ4n) is 3.03. The Bertz CT molecular complexity index is 675. The molecule has 1 aliphatic heterocycles. The Morgan fingerprint density at radius 2 is 2.32 bits per heavy atom. The molecule has 2 heterocycles. The van der Waals surface area contributed by atoms with E-state index in [0.29, 0.717) is 18.2 Å². The molecule has 0 radical (unpaired) electrons. The molecule has 0 bridgehead atoms. The number of amides is 1. The van der Waals surface area contributed by atoms with Gasteiger partial charge in [-0.25, -0.2) is 0 Å². The molecule has 1 saturated heterocycles. The third-order valence-electron chi connectivity index (χ3n) is 4.24. The molecule has 2 unspecified atom stereocenters. The van der Waals surface area contributed by atoms with Gasteiger partial charge in [0, 0.05) is 28.1 Å². The molecule has 0 spiro atoms. The number of hydrogen-bond acceptors (Lipinski definition) is 3. The number of hydrogen-bond donors (Lipinski definition) is 2. The van der Waals surface area contributed by atoms with E-state index >= 15 is 0 Å². The standard InChI is InChI=1S/C15H19IN4O.ClH/c1-9-4-5-20(11(6-9)8-17)15(21)14-12-7-10(16)2-3-13(12)18-19-14;/h2-3,7,9,11H,4-6,8,17H2,1H3,(H,18,19);1H. The highest BCUT2D eigenvalue weighted by molar-refractivity contribution is 14.1. The van der Waals surface area contributed by atoms with Crippen LogP contribution in [0.15, 0.2) is 18.2 Å². The van der Waals surface area contributed by atoms with Gasteiger partial charge in [0.25, 0.3) is 5.91 Å². The zero-order valence-corrected chi connectivity index (χ0v) is 15.4. The van der Waals surface area contributed by atoms with Crippen molar-refractivity contribution in [3.05, 3.63) is 27.5 Å². The summed E-state index contributed by atoms with van der Waals surface area (Å²) in [7, 11) is 0. The summed E-state index contributed by atoms with van der Waals surface area (Å²) in [5.41, 5.74) is 7.27. The molecule has 0 saturated carbocycles. The highest BCUT2D eigenvalue weighted by Gasteiger charge is 2.31. The minimum atomic E-state index is -0.00870. The zero-order chi connectivity index (χ0) is 15.0. The number of nitrogens with two attached hydrogens (primary N) is 1. The van der Waals surface area contributed by atoms with Gasteiger partial charge in [-0.1, -0.05) is 6.92 Å². The highest BCUT2D eigenvalue weighted by Crippen LogP contribution is 2.26. The van der Waals surface area contributed by atoms with Crippen LogP contribution in [0.4, 0.5) is 0 Å². The molecule has 22 heavy (non-hydrogen) atoms. The van der Waals surface area contributed by atoms with Crippen molar-refractivity contribution in [3.63, 3.8) is 0 Å². The Morgan fingerprint density at radius 1 is 1.55 bits per heavy atom. The third kappa shape index (κ3) is 3.23. The third-order valence-corrected chi connectivity index (χ3v) is 4.91. The maximum absolute atomic E-state index is 12.8. The second-order valence-electron chi connectivity index (χ2n) is 5.78. The summed E-state index contributed by atoms with van der Waals surface area (Å²) in [5.74, 6) is 0.616. The van der Waals surface area contributed by atoms with E-state index in [1.54, 1.807) is 0 Å². The molecule has 3 rings (SSSR count). The molecule has 7 heteroatoms. The maximum Gasteiger partial charge on any atom is 0.275 e. The van der Waals surface area contributed by atoms with Crippen molar-refractivity contribution < 1.29 is 4.79 Å². The average Bonchev–Trinajstić information content (AvgIpc) is 2.89. The zero-order valence-electron chi connectivity index (χ0n) is 12.4. The number of piperidine rings is 1. The number of nitrogens with zero attached hydrogens (tertiary/aromatic N) is 2. The van der Waals surface area contributed by atoms with Crippen LogP contribution in [-0.4, -0.2) is 40.1 Å². The number of nitrogens with one attached hydrogen (secondary N) is 1. The molecule has 3 N–H and O–H groups in total. The SMILES string of the molecule is CC1CCN(C(=O)c2n[nH]c3ccc(I)cc23)C(CN)C1.Cl. The van der Waals surface area contributed by atoms with Crippen molar-refractivity contribution >= 4 is 51.8 Å². The Hall–Kier alpha value is -0.860. The van der Waals surface area contributed by atoms with Gasteiger partial charge >= 0.3 is 0 Å². The molecule has 120 valence electrons. The second kappa shape index (κ2) is 7.14. The molecule has 1 aromatic carbocycles. The number of carbonyl (C=O) groups excluding carboxylic acids is 1. The molecule has 1 fully saturated rings. The fraction of sp³-hybridized carbons (Fsp3) is 0.467. The Kier molecular flexibility index (Phi) is 5.68. The van der Waals surface area contributed by atoms with Crippen LogP contribution in [0.3, 0.4) is 0 Å². The number of halogens is 2. The summed E-state index contributed by atoms with van der Waals surface area (Å²) >= 11 is 2.25. The van der Waals surface area contributed by atoms with E-state index in [9.17, 15) is 4.79 Å². The Balaban J connectivity index is 0.00000176. The quantitative estimate of drug-likeness (QED) is 0.714. The van der Waals surface area contributed by atoms with E-state index in [-0.39, 0.29) is 24.4 Å². The monoisotopic (exact) mass is 434 g/mol. The predicted octanol–water partition coefficient (Wildman–Crippen LogP) is 2.79. The van der Waals surface area contributed by atoms with Gasteiger partial charge in [0.05, 0.1) is 5.52 Å². The van der Waals surface area contributed by atoms with Gasteiger partial charge in [-0.15, -0.1) is 12.4 Å². The van der Waals surface area contributed by atoms with Gasteiger partial charge in [-0.3, -0.25) is 9.89 Å². The van der Waals surface area contributed by atoms with Crippen molar-refractivity contribution in [3.8, 4) is 0 Å². The number of aromatic nitrogens is 2. The van der Waals surface area contributed by atoms with Crippen LogP contribution in [0.2, 0.25) is 0 Å². The lowest BCUT2D eigenvalue weighted by molar-refractivity contribution is 0.0569. The average molecular weight is 435 g/mol. The Labute approximate surface area is 149 Å². The summed E-state index contributed by atoms with van der Waals surface area (Å²) in [6.07, 6.45) is 2.00. The van der Waals surface area contributed by atoms with E-state index in [2.05, 4.69) is 39.7 Å². The number of likely N-dealkylation sites (tertiary alicyclic amines) is 1. The van der Waals surface area contributed by atoms with E-state index < -0.39 is 0 Å². The topological polar surface area (TPSA) is 75.0 Å². The van der Waals surface area contributed by atoms with Crippen LogP contribution in [-0.2, 0) is 0 Å².